The summed E-state index contributed by atoms with van der Waals surface area (Å²) < 4.78 is 5.06. The molecular formula is C16H15ClN2O6S. The number of nitro groups is 1. The largest absolute Gasteiger partial charge is 0.461 e. The van der Waals surface area contributed by atoms with Crippen LogP contribution in [0.3, 0.4) is 0 Å². The molecule has 26 heavy (non-hydrogen) atoms. The van der Waals surface area contributed by atoms with Gasteiger partial charge in [-0.15, -0.1) is 0 Å². The molecule has 2 rings (SSSR count). The maximum absolute atomic E-state index is 12.3. The molecule has 0 bridgehead atoms. The van der Waals surface area contributed by atoms with Crippen molar-refractivity contribution in [1.29, 1.82) is 0 Å². The number of imide groups is 1. The Kier molecular flexibility index (Phi) is 6.38. The Bertz CT molecular complexity index is 810. The van der Waals surface area contributed by atoms with Gasteiger partial charge in [0, 0.05) is 6.07 Å². The van der Waals surface area contributed by atoms with Gasteiger partial charge in [-0.05, 0) is 42.8 Å². The summed E-state index contributed by atoms with van der Waals surface area (Å²) in [4.78, 5) is 47.3. The Morgan fingerprint density at radius 3 is 2.77 bits per heavy atom. The lowest BCUT2D eigenvalue weighted by Gasteiger charge is -2.14. The van der Waals surface area contributed by atoms with Crippen LogP contribution in [0.5, 0.6) is 0 Å². The van der Waals surface area contributed by atoms with Gasteiger partial charge >= 0.3 is 5.97 Å². The first kappa shape index (κ1) is 19.9. The quantitative estimate of drug-likeness (QED) is 0.311. The number of nitro benzene ring substituents is 1. The van der Waals surface area contributed by atoms with E-state index < -0.39 is 28.6 Å². The van der Waals surface area contributed by atoms with E-state index in [-0.39, 0.29) is 21.7 Å². The highest BCUT2D eigenvalue weighted by Gasteiger charge is 2.37. The minimum absolute atomic E-state index is 0.0342. The van der Waals surface area contributed by atoms with Crippen LogP contribution in [-0.4, -0.2) is 39.6 Å². The second-order valence-corrected chi connectivity index (χ2v) is 6.84. The van der Waals surface area contributed by atoms with Gasteiger partial charge in [-0.1, -0.05) is 24.6 Å². The summed E-state index contributed by atoms with van der Waals surface area (Å²) in [5.41, 5.74) is 0.0329. The summed E-state index contributed by atoms with van der Waals surface area (Å²) in [6.07, 6.45) is 1.64. The number of rotatable bonds is 6. The van der Waals surface area contributed by atoms with Gasteiger partial charge in [-0.25, -0.2) is 0 Å². The van der Waals surface area contributed by atoms with Crippen molar-refractivity contribution >= 4 is 52.2 Å². The Balaban J connectivity index is 2.18. The predicted molar refractivity (Wildman–Crippen MR) is 96.6 cm³/mol. The summed E-state index contributed by atoms with van der Waals surface area (Å²) in [6, 6.07) is 4.02. The van der Waals surface area contributed by atoms with Crippen LogP contribution in [0.15, 0.2) is 23.1 Å². The molecular weight excluding hydrogens is 384 g/mol. The summed E-state index contributed by atoms with van der Waals surface area (Å²) >= 11 is 6.39. The zero-order valence-electron chi connectivity index (χ0n) is 13.9. The number of nitrogens with zero attached hydrogens (tertiary/aromatic N) is 2. The molecule has 0 radical (unpaired) electrons. The van der Waals surface area contributed by atoms with Gasteiger partial charge in [0.2, 0.25) is 0 Å². The second kappa shape index (κ2) is 8.33. The van der Waals surface area contributed by atoms with Crippen molar-refractivity contribution in [3.63, 3.8) is 0 Å². The van der Waals surface area contributed by atoms with Gasteiger partial charge in [-0.2, -0.15) is 0 Å². The van der Waals surface area contributed by atoms with Crippen LogP contribution in [0.4, 0.5) is 10.5 Å². The number of amides is 2. The zero-order valence-corrected chi connectivity index (χ0v) is 15.5. The fourth-order valence-electron chi connectivity index (χ4n) is 2.02. The summed E-state index contributed by atoms with van der Waals surface area (Å²) in [5, 5.41) is 10.3. The number of esters is 1. The van der Waals surface area contributed by atoms with Crippen LogP contribution < -0.4 is 0 Å². The van der Waals surface area contributed by atoms with Gasteiger partial charge in [0.25, 0.3) is 16.8 Å². The normalized spacial score (nSPS) is 16.9. The number of thioether (sulfide) groups is 1. The molecule has 1 aliphatic rings. The Morgan fingerprint density at radius 2 is 2.15 bits per heavy atom. The van der Waals surface area contributed by atoms with Crippen molar-refractivity contribution < 1.29 is 24.0 Å². The molecule has 0 N–H and O–H groups in total. The van der Waals surface area contributed by atoms with E-state index in [4.69, 9.17) is 16.3 Å². The number of carbonyl (C=O) groups is 3. The average Bonchev–Trinajstić information content (AvgIpc) is 2.83. The van der Waals surface area contributed by atoms with Crippen LogP contribution in [0.25, 0.3) is 6.08 Å². The van der Waals surface area contributed by atoms with E-state index in [0.717, 1.165) is 4.90 Å². The van der Waals surface area contributed by atoms with Gasteiger partial charge in [0.05, 0.1) is 15.9 Å². The molecule has 1 atom stereocenters. The first-order valence-corrected chi connectivity index (χ1v) is 8.81. The monoisotopic (exact) mass is 398 g/mol. The molecule has 0 spiro atoms. The van der Waals surface area contributed by atoms with E-state index in [0.29, 0.717) is 23.7 Å². The van der Waals surface area contributed by atoms with E-state index in [9.17, 15) is 24.5 Å². The molecule has 1 saturated heterocycles. The third-order valence-electron chi connectivity index (χ3n) is 3.53. The van der Waals surface area contributed by atoms with E-state index in [1.165, 1.54) is 24.3 Å². The Hall–Kier alpha value is -2.39. The molecule has 0 aromatic heterocycles. The molecule has 8 nitrogen and oxygen atoms in total. The zero-order chi connectivity index (χ0) is 19.4. The summed E-state index contributed by atoms with van der Waals surface area (Å²) in [6.45, 7) is 3.07. The number of halogens is 1. The van der Waals surface area contributed by atoms with Crippen molar-refractivity contribution in [1.82, 2.24) is 4.90 Å². The minimum atomic E-state index is -0.676. The van der Waals surface area contributed by atoms with Crippen LogP contribution in [-0.2, 0) is 14.3 Å². The number of hydrogen-bond acceptors (Lipinski definition) is 7. The van der Waals surface area contributed by atoms with Crippen molar-refractivity contribution in [3.8, 4) is 0 Å². The highest BCUT2D eigenvalue weighted by molar-refractivity contribution is 8.18. The second-order valence-electron chi connectivity index (χ2n) is 5.44. The molecule has 2 amide bonds. The lowest BCUT2D eigenvalue weighted by Crippen LogP contribution is -2.35. The number of hydrogen-bond donors (Lipinski definition) is 0. The van der Waals surface area contributed by atoms with Crippen molar-refractivity contribution in [3.05, 3.63) is 43.8 Å². The standard InChI is InChI=1S/C16H15ClN2O6S/c1-3-9(2)25-14(20)8-18-15(21)13(26-16(18)22)7-10-4-5-11(17)12(6-10)19(23)24/h4-7,9H,3,8H2,1-2H3/b13-7-/t9-/m0/s1. The third-order valence-corrected chi connectivity index (χ3v) is 4.76. The molecule has 0 saturated carbocycles. The topological polar surface area (TPSA) is 107 Å². The van der Waals surface area contributed by atoms with Crippen LogP contribution in [0.2, 0.25) is 5.02 Å². The van der Waals surface area contributed by atoms with Gasteiger partial charge in [-0.3, -0.25) is 29.4 Å². The molecule has 1 aliphatic heterocycles. The summed E-state index contributed by atoms with van der Waals surface area (Å²) in [7, 11) is 0. The Labute approximate surface area is 158 Å². The van der Waals surface area contributed by atoms with Crippen molar-refractivity contribution in [2.45, 2.75) is 26.4 Å². The fraction of sp³-hybridized carbons (Fsp3) is 0.312. The fourth-order valence-corrected chi connectivity index (χ4v) is 3.05. The highest BCUT2D eigenvalue weighted by Crippen LogP contribution is 2.33. The van der Waals surface area contributed by atoms with E-state index in [2.05, 4.69) is 0 Å². The number of carbonyl (C=O) groups excluding carboxylic acids is 3. The number of benzene rings is 1. The van der Waals surface area contributed by atoms with Gasteiger partial charge in [0.15, 0.2) is 0 Å². The third kappa shape index (κ3) is 4.61. The van der Waals surface area contributed by atoms with Crippen LogP contribution in [0, 0.1) is 10.1 Å². The molecule has 0 unspecified atom stereocenters. The molecule has 0 aliphatic carbocycles. The summed E-state index contributed by atoms with van der Waals surface area (Å²) in [5.74, 6) is -1.33. The lowest BCUT2D eigenvalue weighted by atomic mass is 10.2. The van der Waals surface area contributed by atoms with Gasteiger partial charge in [0.1, 0.15) is 11.6 Å². The Morgan fingerprint density at radius 1 is 1.46 bits per heavy atom. The highest BCUT2D eigenvalue weighted by atomic mass is 35.5. The SMILES string of the molecule is CC[C@H](C)OC(=O)CN1C(=O)S/C(=C\c2ccc(Cl)c([N+](=O)[O-])c2)C1=O. The molecule has 1 fully saturated rings. The predicted octanol–water partition coefficient (Wildman–Crippen LogP) is 3.63. The van der Waals surface area contributed by atoms with Crippen LogP contribution in [0.1, 0.15) is 25.8 Å². The first-order chi connectivity index (χ1) is 12.2. The first-order valence-electron chi connectivity index (χ1n) is 7.61. The minimum Gasteiger partial charge on any atom is -0.461 e. The molecule has 1 aromatic rings. The average molecular weight is 399 g/mol. The van der Waals surface area contributed by atoms with Crippen LogP contribution >= 0.6 is 23.4 Å². The van der Waals surface area contributed by atoms with E-state index in [1.54, 1.807) is 6.92 Å². The molecule has 138 valence electrons. The lowest BCUT2D eigenvalue weighted by molar-refractivity contribution is -0.384. The maximum Gasteiger partial charge on any atom is 0.326 e. The van der Waals surface area contributed by atoms with E-state index in [1.807, 2.05) is 6.92 Å². The molecule has 1 heterocycles. The van der Waals surface area contributed by atoms with E-state index >= 15 is 0 Å². The number of ether oxygens (including phenoxy) is 1. The smallest absolute Gasteiger partial charge is 0.326 e. The van der Waals surface area contributed by atoms with Crippen molar-refractivity contribution in [2.24, 2.45) is 0 Å². The maximum atomic E-state index is 12.3. The van der Waals surface area contributed by atoms with Crippen molar-refractivity contribution in [2.75, 3.05) is 6.54 Å². The molecule has 10 heteroatoms. The van der Waals surface area contributed by atoms with Gasteiger partial charge < -0.3 is 4.74 Å². The molecule has 1 aromatic carbocycles.